The van der Waals surface area contributed by atoms with Gasteiger partial charge < -0.3 is 10.1 Å². The summed E-state index contributed by atoms with van der Waals surface area (Å²) in [5, 5.41) is 3.68. The van der Waals surface area contributed by atoms with E-state index in [0.717, 1.165) is 39.0 Å². The standard InChI is InChI=1S/C19H33NO/c1-6-9-20-18(8-11-21-10-7-2)14-19-16(4)12-15(3)13-17(19)5/h12-13,18,20H,6-11,14H2,1-5H3. The average molecular weight is 291 g/mol. The van der Waals surface area contributed by atoms with Gasteiger partial charge in [0.05, 0.1) is 0 Å². The molecule has 0 amide bonds. The molecule has 2 heteroatoms. The highest BCUT2D eigenvalue weighted by Crippen LogP contribution is 2.19. The minimum absolute atomic E-state index is 0.516. The molecule has 120 valence electrons. The molecule has 0 aliphatic heterocycles. The van der Waals surface area contributed by atoms with Crippen molar-refractivity contribution >= 4 is 0 Å². The number of nitrogens with one attached hydrogen (secondary N) is 1. The minimum atomic E-state index is 0.516. The van der Waals surface area contributed by atoms with E-state index in [2.05, 4.69) is 52.1 Å². The molecule has 1 rings (SSSR count). The fourth-order valence-electron chi connectivity index (χ4n) is 2.88. The van der Waals surface area contributed by atoms with Gasteiger partial charge in [0.15, 0.2) is 0 Å². The van der Waals surface area contributed by atoms with Gasteiger partial charge in [-0.2, -0.15) is 0 Å². The van der Waals surface area contributed by atoms with Crippen LogP contribution in [0.15, 0.2) is 12.1 Å². The largest absolute Gasteiger partial charge is 0.381 e. The maximum absolute atomic E-state index is 5.67. The third-order valence-electron chi connectivity index (χ3n) is 3.93. The third-order valence-corrected chi connectivity index (χ3v) is 3.93. The highest BCUT2D eigenvalue weighted by atomic mass is 16.5. The highest BCUT2D eigenvalue weighted by Gasteiger charge is 2.12. The molecule has 0 bridgehead atoms. The zero-order valence-electron chi connectivity index (χ0n) is 14.6. The zero-order chi connectivity index (χ0) is 15.7. The molecule has 0 aromatic heterocycles. The molecule has 2 nitrogen and oxygen atoms in total. The second-order valence-electron chi connectivity index (χ2n) is 6.13. The van der Waals surface area contributed by atoms with Crippen LogP contribution in [-0.4, -0.2) is 25.8 Å². The molecule has 0 spiro atoms. The smallest absolute Gasteiger partial charge is 0.0480 e. The molecular weight excluding hydrogens is 258 g/mol. The van der Waals surface area contributed by atoms with Crippen molar-refractivity contribution in [3.05, 3.63) is 34.4 Å². The van der Waals surface area contributed by atoms with E-state index in [1.54, 1.807) is 0 Å². The van der Waals surface area contributed by atoms with E-state index in [4.69, 9.17) is 4.74 Å². The monoisotopic (exact) mass is 291 g/mol. The zero-order valence-corrected chi connectivity index (χ0v) is 14.6. The van der Waals surface area contributed by atoms with Crippen molar-refractivity contribution in [2.75, 3.05) is 19.8 Å². The van der Waals surface area contributed by atoms with Crippen molar-refractivity contribution in [3.63, 3.8) is 0 Å². The fourth-order valence-corrected chi connectivity index (χ4v) is 2.88. The predicted molar refractivity (Wildman–Crippen MR) is 92.2 cm³/mol. The molecule has 21 heavy (non-hydrogen) atoms. The Morgan fingerprint density at radius 3 is 2.24 bits per heavy atom. The van der Waals surface area contributed by atoms with Gasteiger partial charge in [0, 0.05) is 19.3 Å². The van der Waals surface area contributed by atoms with Crippen molar-refractivity contribution in [1.29, 1.82) is 0 Å². The Balaban J connectivity index is 2.66. The van der Waals surface area contributed by atoms with E-state index < -0.39 is 0 Å². The van der Waals surface area contributed by atoms with Crippen LogP contribution in [0.25, 0.3) is 0 Å². The number of ether oxygens (including phenoxy) is 1. The molecule has 0 aliphatic carbocycles. The summed E-state index contributed by atoms with van der Waals surface area (Å²) in [4.78, 5) is 0. The first-order valence-corrected chi connectivity index (χ1v) is 8.46. The van der Waals surface area contributed by atoms with E-state index in [9.17, 15) is 0 Å². The Bertz CT molecular complexity index is 391. The molecule has 0 fully saturated rings. The molecule has 0 radical (unpaired) electrons. The summed E-state index contributed by atoms with van der Waals surface area (Å²) < 4.78 is 5.67. The molecular formula is C19H33NO. The Morgan fingerprint density at radius 1 is 1.00 bits per heavy atom. The first kappa shape index (κ1) is 18.2. The van der Waals surface area contributed by atoms with Crippen LogP contribution in [0.2, 0.25) is 0 Å². The van der Waals surface area contributed by atoms with Crippen molar-refractivity contribution < 1.29 is 4.74 Å². The Kier molecular flexibility index (Phi) is 8.63. The Hall–Kier alpha value is -0.860. The Labute approximate surface area is 131 Å². The van der Waals surface area contributed by atoms with Gasteiger partial charge in [-0.15, -0.1) is 0 Å². The Morgan fingerprint density at radius 2 is 1.67 bits per heavy atom. The summed E-state index contributed by atoms with van der Waals surface area (Å²) in [6.45, 7) is 13.9. The molecule has 0 heterocycles. The molecule has 1 aromatic carbocycles. The lowest BCUT2D eigenvalue weighted by atomic mass is 9.93. The van der Waals surface area contributed by atoms with Gasteiger partial charge in [0.25, 0.3) is 0 Å². The highest BCUT2D eigenvalue weighted by molar-refractivity contribution is 5.38. The number of benzene rings is 1. The molecule has 1 atom stereocenters. The quantitative estimate of drug-likeness (QED) is 0.648. The summed E-state index contributed by atoms with van der Waals surface area (Å²) in [6, 6.07) is 5.11. The lowest BCUT2D eigenvalue weighted by molar-refractivity contribution is 0.124. The lowest BCUT2D eigenvalue weighted by Crippen LogP contribution is -2.33. The molecule has 0 saturated heterocycles. The van der Waals surface area contributed by atoms with Crippen LogP contribution in [0.5, 0.6) is 0 Å². The van der Waals surface area contributed by atoms with Crippen LogP contribution in [0.1, 0.15) is 55.4 Å². The molecule has 1 aromatic rings. The third kappa shape index (κ3) is 6.62. The summed E-state index contributed by atoms with van der Waals surface area (Å²) >= 11 is 0. The van der Waals surface area contributed by atoms with Crippen LogP contribution in [-0.2, 0) is 11.2 Å². The van der Waals surface area contributed by atoms with Crippen molar-refractivity contribution in [1.82, 2.24) is 5.32 Å². The van der Waals surface area contributed by atoms with Gasteiger partial charge in [0.2, 0.25) is 0 Å². The van der Waals surface area contributed by atoms with Crippen LogP contribution in [0.3, 0.4) is 0 Å². The van der Waals surface area contributed by atoms with Gasteiger partial charge in [-0.1, -0.05) is 31.5 Å². The van der Waals surface area contributed by atoms with Crippen molar-refractivity contribution in [2.24, 2.45) is 0 Å². The lowest BCUT2D eigenvalue weighted by Gasteiger charge is -2.21. The molecule has 1 N–H and O–H groups in total. The van der Waals surface area contributed by atoms with Gasteiger partial charge in [0.1, 0.15) is 0 Å². The van der Waals surface area contributed by atoms with Crippen LogP contribution >= 0.6 is 0 Å². The molecule has 0 saturated carbocycles. The van der Waals surface area contributed by atoms with Gasteiger partial charge in [-0.25, -0.2) is 0 Å². The maximum atomic E-state index is 5.67. The van der Waals surface area contributed by atoms with E-state index in [1.165, 1.54) is 28.7 Å². The van der Waals surface area contributed by atoms with E-state index in [1.807, 2.05) is 0 Å². The SMILES string of the molecule is CCCNC(CCOCCC)Cc1c(C)cc(C)cc1C. The summed E-state index contributed by atoms with van der Waals surface area (Å²) in [5.74, 6) is 0. The number of hydrogen-bond donors (Lipinski definition) is 1. The summed E-state index contributed by atoms with van der Waals surface area (Å²) in [7, 11) is 0. The number of hydrogen-bond acceptors (Lipinski definition) is 2. The van der Waals surface area contributed by atoms with Gasteiger partial charge >= 0.3 is 0 Å². The van der Waals surface area contributed by atoms with Crippen molar-refractivity contribution in [2.45, 2.75) is 66.3 Å². The van der Waals surface area contributed by atoms with Gasteiger partial charge in [-0.05, 0) is 69.7 Å². The second kappa shape index (κ2) is 9.97. The second-order valence-corrected chi connectivity index (χ2v) is 6.13. The van der Waals surface area contributed by atoms with E-state index in [0.29, 0.717) is 6.04 Å². The summed E-state index contributed by atoms with van der Waals surface area (Å²) in [5.41, 5.74) is 5.71. The van der Waals surface area contributed by atoms with Crippen LogP contribution < -0.4 is 5.32 Å². The van der Waals surface area contributed by atoms with Gasteiger partial charge in [-0.3, -0.25) is 0 Å². The number of aryl methyl sites for hydroxylation is 3. The topological polar surface area (TPSA) is 21.3 Å². The molecule has 0 aliphatic rings. The normalized spacial score (nSPS) is 12.6. The fraction of sp³-hybridized carbons (Fsp3) is 0.684. The predicted octanol–water partition coefficient (Wildman–Crippen LogP) is 4.34. The van der Waals surface area contributed by atoms with E-state index in [-0.39, 0.29) is 0 Å². The van der Waals surface area contributed by atoms with Crippen LogP contribution in [0, 0.1) is 20.8 Å². The minimum Gasteiger partial charge on any atom is -0.381 e. The van der Waals surface area contributed by atoms with Crippen LogP contribution in [0.4, 0.5) is 0 Å². The van der Waals surface area contributed by atoms with Crippen molar-refractivity contribution in [3.8, 4) is 0 Å². The first-order valence-electron chi connectivity index (χ1n) is 8.46. The number of rotatable bonds is 10. The molecule has 1 unspecified atom stereocenters. The average Bonchev–Trinajstić information content (AvgIpc) is 2.43. The van der Waals surface area contributed by atoms with E-state index >= 15 is 0 Å². The maximum Gasteiger partial charge on any atom is 0.0480 e. The summed E-state index contributed by atoms with van der Waals surface area (Å²) in [6.07, 6.45) is 4.47. The first-order chi connectivity index (χ1) is 10.1.